The van der Waals surface area contributed by atoms with Crippen LogP contribution in [0.3, 0.4) is 0 Å². The van der Waals surface area contributed by atoms with Gasteiger partial charge in [-0.15, -0.1) is 0 Å². The minimum absolute atomic E-state index is 0.444. The second kappa shape index (κ2) is 6.36. The first-order valence-corrected chi connectivity index (χ1v) is 6.56. The van der Waals surface area contributed by atoms with E-state index in [1.165, 1.54) is 0 Å². The fraction of sp³-hybridized carbons (Fsp3) is 0. The number of hydrogen-bond donors (Lipinski definition) is 3. The number of thiocarbonyl (C=S) groups is 1. The number of carbonyl (C=O) groups is 1. The van der Waals surface area contributed by atoms with Crippen molar-refractivity contribution in [2.45, 2.75) is 0 Å². The van der Waals surface area contributed by atoms with Gasteiger partial charge in [-0.3, -0.25) is 4.79 Å². The summed E-state index contributed by atoms with van der Waals surface area (Å²) in [6.07, 6.45) is 0. The highest BCUT2D eigenvalue weighted by Crippen LogP contribution is 2.14. The van der Waals surface area contributed by atoms with E-state index in [0.29, 0.717) is 15.7 Å². The van der Waals surface area contributed by atoms with Crippen LogP contribution in [0.1, 0.15) is 10.4 Å². The Balaban J connectivity index is 1.97. The van der Waals surface area contributed by atoms with E-state index >= 15 is 0 Å². The fourth-order valence-electron chi connectivity index (χ4n) is 1.54. The summed E-state index contributed by atoms with van der Waals surface area (Å²) in [5, 5.41) is 7.14. The Kier molecular flexibility index (Phi) is 4.55. The average Bonchev–Trinajstić information content (AvgIpc) is 2.42. The van der Waals surface area contributed by atoms with Gasteiger partial charge in [0.2, 0.25) is 5.91 Å². The van der Waals surface area contributed by atoms with Gasteiger partial charge in [-0.2, -0.15) is 0 Å². The zero-order valence-electron chi connectivity index (χ0n) is 10.4. The van der Waals surface area contributed by atoms with Crippen LogP contribution in [0.15, 0.2) is 48.5 Å². The maximum absolute atomic E-state index is 11.0. The van der Waals surface area contributed by atoms with Gasteiger partial charge in [-0.1, -0.05) is 11.6 Å². The monoisotopic (exact) mass is 305 g/mol. The van der Waals surface area contributed by atoms with Crippen LogP contribution in [0, 0.1) is 0 Å². The number of amides is 1. The molecule has 0 spiro atoms. The van der Waals surface area contributed by atoms with E-state index < -0.39 is 5.91 Å². The third kappa shape index (κ3) is 3.94. The molecule has 20 heavy (non-hydrogen) atoms. The van der Waals surface area contributed by atoms with Crippen molar-refractivity contribution < 1.29 is 4.79 Å². The van der Waals surface area contributed by atoms with Crippen molar-refractivity contribution in [2.75, 3.05) is 10.6 Å². The van der Waals surface area contributed by atoms with E-state index in [4.69, 9.17) is 29.6 Å². The predicted molar refractivity (Wildman–Crippen MR) is 86.3 cm³/mol. The highest BCUT2D eigenvalue weighted by Gasteiger charge is 2.02. The van der Waals surface area contributed by atoms with Crippen molar-refractivity contribution >= 4 is 46.2 Å². The predicted octanol–water partition coefficient (Wildman–Crippen LogP) is 3.25. The number of halogens is 1. The molecular weight excluding hydrogens is 294 g/mol. The molecule has 0 heterocycles. The van der Waals surface area contributed by atoms with Crippen LogP contribution < -0.4 is 16.4 Å². The molecule has 4 nitrogen and oxygen atoms in total. The van der Waals surface area contributed by atoms with Gasteiger partial charge in [0.1, 0.15) is 0 Å². The molecule has 0 bridgehead atoms. The molecule has 2 rings (SSSR count). The highest BCUT2D eigenvalue weighted by molar-refractivity contribution is 7.80. The fourth-order valence-corrected chi connectivity index (χ4v) is 1.91. The SMILES string of the molecule is NC(=O)c1ccc(NC(=S)Nc2ccc(Cl)cc2)cc1. The van der Waals surface area contributed by atoms with Crippen LogP contribution in [0.25, 0.3) is 0 Å². The topological polar surface area (TPSA) is 67.2 Å². The Morgan fingerprint density at radius 2 is 1.40 bits per heavy atom. The summed E-state index contributed by atoms with van der Waals surface area (Å²) in [6, 6.07) is 13.9. The lowest BCUT2D eigenvalue weighted by Crippen LogP contribution is -2.19. The summed E-state index contributed by atoms with van der Waals surface area (Å²) in [6.45, 7) is 0. The Labute approximate surface area is 126 Å². The van der Waals surface area contributed by atoms with E-state index in [1.807, 2.05) is 12.1 Å². The van der Waals surface area contributed by atoms with Crippen LogP contribution in [-0.2, 0) is 0 Å². The molecule has 0 unspecified atom stereocenters. The van der Waals surface area contributed by atoms with Crippen molar-refractivity contribution in [1.82, 2.24) is 0 Å². The molecule has 0 fully saturated rings. The third-order valence-corrected chi connectivity index (χ3v) is 2.99. The zero-order valence-corrected chi connectivity index (χ0v) is 12.0. The second-order valence-electron chi connectivity index (χ2n) is 4.03. The summed E-state index contributed by atoms with van der Waals surface area (Å²) in [5.74, 6) is -0.460. The van der Waals surface area contributed by atoms with Gasteiger partial charge >= 0.3 is 0 Å². The molecule has 0 aliphatic rings. The first-order chi connectivity index (χ1) is 9.54. The lowest BCUT2D eigenvalue weighted by molar-refractivity contribution is 0.100. The number of carbonyl (C=O) groups excluding carboxylic acids is 1. The molecule has 0 aliphatic heterocycles. The standard InChI is InChI=1S/C14H12ClN3OS/c15-10-3-7-12(8-4-10)18-14(20)17-11-5-1-9(2-6-11)13(16)19/h1-8H,(H2,16,19)(H2,17,18,20). The average molecular weight is 306 g/mol. The smallest absolute Gasteiger partial charge is 0.248 e. The van der Waals surface area contributed by atoms with Crippen molar-refractivity contribution in [3.63, 3.8) is 0 Å². The molecule has 4 N–H and O–H groups in total. The summed E-state index contributed by atoms with van der Waals surface area (Å²) >= 11 is 11.0. The molecule has 2 aromatic rings. The number of nitrogens with two attached hydrogens (primary N) is 1. The highest BCUT2D eigenvalue weighted by atomic mass is 35.5. The van der Waals surface area contributed by atoms with Crippen molar-refractivity contribution in [3.05, 3.63) is 59.1 Å². The van der Waals surface area contributed by atoms with Gasteiger partial charge in [-0.25, -0.2) is 0 Å². The van der Waals surface area contributed by atoms with Crippen LogP contribution in [0.2, 0.25) is 5.02 Å². The van der Waals surface area contributed by atoms with Crippen LogP contribution >= 0.6 is 23.8 Å². The minimum Gasteiger partial charge on any atom is -0.366 e. The summed E-state index contributed by atoms with van der Waals surface area (Å²) < 4.78 is 0. The van der Waals surface area contributed by atoms with Gasteiger partial charge in [0.05, 0.1) is 0 Å². The van der Waals surface area contributed by atoms with Crippen LogP contribution in [0.5, 0.6) is 0 Å². The van der Waals surface area contributed by atoms with Crippen molar-refractivity contribution in [3.8, 4) is 0 Å². The Hall–Kier alpha value is -2.11. The van der Waals surface area contributed by atoms with Gasteiger partial charge < -0.3 is 16.4 Å². The molecule has 6 heteroatoms. The largest absolute Gasteiger partial charge is 0.366 e. The molecule has 0 aromatic heterocycles. The van der Waals surface area contributed by atoms with Gasteiger partial charge in [-0.05, 0) is 60.7 Å². The maximum atomic E-state index is 11.0. The van der Waals surface area contributed by atoms with Crippen LogP contribution in [-0.4, -0.2) is 11.0 Å². The quantitative estimate of drug-likeness (QED) is 0.762. The number of rotatable bonds is 3. The molecule has 102 valence electrons. The van der Waals surface area contributed by atoms with Gasteiger partial charge in [0, 0.05) is 22.0 Å². The lowest BCUT2D eigenvalue weighted by Gasteiger charge is -2.10. The van der Waals surface area contributed by atoms with Crippen molar-refractivity contribution in [1.29, 1.82) is 0 Å². The summed E-state index contributed by atoms with van der Waals surface area (Å²) in [4.78, 5) is 11.0. The molecule has 0 atom stereocenters. The molecule has 0 saturated carbocycles. The van der Waals surface area contributed by atoms with Crippen molar-refractivity contribution in [2.24, 2.45) is 5.73 Å². The Morgan fingerprint density at radius 3 is 1.85 bits per heavy atom. The number of nitrogens with one attached hydrogen (secondary N) is 2. The maximum Gasteiger partial charge on any atom is 0.248 e. The first kappa shape index (κ1) is 14.3. The molecule has 0 saturated heterocycles. The van der Waals surface area contributed by atoms with Crippen LogP contribution in [0.4, 0.5) is 11.4 Å². The molecular formula is C14H12ClN3OS. The van der Waals surface area contributed by atoms with E-state index in [2.05, 4.69) is 10.6 Å². The van der Waals surface area contributed by atoms with E-state index in [0.717, 1.165) is 11.4 Å². The van der Waals surface area contributed by atoms with E-state index in [9.17, 15) is 4.79 Å². The number of hydrogen-bond acceptors (Lipinski definition) is 2. The molecule has 0 aliphatic carbocycles. The first-order valence-electron chi connectivity index (χ1n) is 5.78. The van der Waals surface area contributed by atoms with E-state index in [-0.39, 0.29) is 0 Å². The molecule has 1 amide bonds. The third-order valence-electron chi connectivity index (χ3n) is 2.53. The number of benzene rings is 2. The Bertz CT molecular complexity index is 626. The number of primary amides is 1. The Morgan fingerprint density at radius 1 is 0.950 bits per heavy atom. The zero-order chi connectivity index (χ0) is 14.5. The second-order valence-corrected chi connectivity index (χ2v) is 4.87. The normalized spacial score (nSPS) is 9.85. The molecule has 2 aromatic carbocycles. The molecule has 0 radical (unpaired) electrons. The van der Waals surface area contributed by atoms with E-state index in [1.54, 1.807) is 36.4 Å². The lowest BCUT2D eigenvalue weighted by atomic mass is 10.2. The van der Waals surface area contributed by atoms with Gasteiger partial charge in [0.25, 0.3) is 0 Å². The minimum atomic E-state index is -0.460. The number of anilines is 2. The summed E-state index contributed by atoms with van der Waals surface area (Å²) in [7, 11) is 0. The summed E-state index contributed by atoms with van der Waals surface area (Å²) in [5.41, 5.74) is 7.22. The van der Waals surface area contributed by atoms with Gasteiger partial charge in [0.15, 0.2) is 5.11 Å².